The van der Waals surface area contributed by atoms with Crippen LogP contribution in [0.5, 0.6) is 11.5 Å². The number of carbonyl (C=O) groups excluding carboxylic acids is 1. The Morgan fingerprint density at radius 3 is 2.14 bits per heavy atom. The van der Waals surface area contributed by atoms with Crippen LogP contribution in [0.4, 0.5) is 5.69 Å². The monoisotopic (exact) mass is 453 g/mol. The quantitative estimate of drug-likeness (QED) is 0.387. The number of nitrogens with one attached hydrogen (secondary N) is 1. The van der Waals surface area contributed by atoms with Crippen molar-refractivity contribution in [1.82, 2.24) is 0 Å². The van der Waals surface area contributed by atoms with Gasteiger partial charge in [0.1, 0.15) is 11.5 Å². The van der Waals surface area contributed by atoms with Crippen molar-refractivity contribution >= 4 is 27.4 Å². The first-order chi connectivity index (χ1) is 14.1. The normalized spacial score (nSPS) is 11.6. The topological polar surface area (TPSA) is 47.6 Å². The molecule has 0 fully saturated rings. The summed E-state index contributed by atoms with van der Waals surface area (Å²) in [5, 5.41) is 3.48. The second-order valence-corrected chi connectivity index (χ2v) is 7.48. The fraction of sp³-hybridized carbons (Fsp3) is 0.208. The number of hydrogen-bond acceptors (Lipinski definition) is 4. The highest BCUT2D eigenvalue weighted by atomic mass is 79.9. The first kappa shape index (κ1) is 20.9. The van der Waals surface area contributed by atoms with Crippen molar-refractivity contribution in [3.05, 3.63) is 88.4 Å². The zero-order valence-electron chi connectivity index (χ0n) is 16.5. The second kappa shape index (κ2) is 10.1. The van der Waals surface area contributed by atoms with Crippen LogP contribution in [-0.4, -0.2) is 19.5 Å². The maximum atomic E-state index is 12.9. The number of methoxy groups -OCH3 is 1. The molecule has 29 heavy (non-hydrogen) atoms. The van der Waals surface area contributed by atoms with E-state index in [4.69, 9.17) is 9.47 Å². The molecule has 0 amide bonds. The van der Waals surface area contributed by atoms with Gasteiger partial charge in [-0.3, -0.25) is 4.79 Å². The SMILES string of the molecule is CCOc1ccc(C(CC(=O)c2ccc(Br)cc2)Nc2ccc(OC)cc2)cc1. The largest absolute Gasteiger partial charge is 0.497 e. The fourth-order valence-electron chi connectivity index (χ4n) is 3.04. The van der Waals surface area contributed by atoms with E-state index in [-0.39, 0.29) is 11.8 Å². The standard InChI is InChI=1S/C24H24BrNO3/c1-3-29-22-12-6-17(7-13-22)23(26-20-10-14-21(28-2)15-11-20)16-24(27)18-4-8-19(25)9-5-18/h4-15,23,26H,3,16H2,1-2H3. The summed E-state index contributed by atoms with van der Waals surface area (Å²) in [5.41, 5.74) is 2.64. The molecular weight excluding hydrogens is 430 g/mol. The van der Waals surface area contributed by atoms with Crippen molar-refractivity contribution in [2.24, 2.45) is 0 Å². The molecule has 1 atom stereocenters. The van der Waals surface area contributed by atoms with Gasteiger partial charge in [0.15, 0.2) is 5.78 Å². The maximum absolute atomic E-state index is 12.9. The molecule has 4 nitrogen and oxygen atoms in total. The highest BCUT2D eigenvalue weighted by molar-refractivity contribution is 9.10. The van der Waals surface area contributed by atoms with Gasteiger partial charge in [0, 0.05) is 22.1 Å². The lowest BCUT2D eigenvalue weighted by Crippen LogP contribution is -2.16. The first-order valence-electron chi connectivity index (χ1n) is 9.51. The van der Waals surface area contributed by atoms with Gasteiger partial charge in [-0.1, -0.05) is 40.2 Å². The average molecular weight is 454 g/mol. The highest BCUT2D eigenvalue weighted by Crippen LogP contribution is 2.27. The number of halogens is 1. The molecule has 0 heterocycles. The number of anilines is 1. The summed E-state index contributed by atoms with van der Waals surface area (Å²) in [6, 6.07) is 22.8. The molecule has 150 valence electrons. The molecule has 3 aromatic rings. The van der Waals surface area contributed by atoms with Gasteiger partial charge in [-0.15, -0.1) is 0 Å². The Labute approximate surface area is 180 Å². The molecule has 0 aliphatic carbocycles. The Morgan fingerprint density at radius 2 is 1.55 bits per heavy atom. The van der Waals surface area contributed by atoms with Crippen LogP contribution in [0.1, 0.15) is 35.3 Å². The van der Waals surface area contributed by atoms with Gasteiger partial charge >= 0.3 is 0 Å². The van der Waals surface area contributed by atoms with Gasteiger partial charge in [-0.2, -0.15) is 0 Å². The zero-order valence-corrected chi connectivity index (χ0v) is 18.1. The number of carbonyl (C=O) groups is 1. The lowest BCUT2D eigenvalue weighted by Gasteiger charge is -2.21. The molecule has 0 saturated carbocycles. The van der Waals surface area contributed by atoms with E-state index in [0.29, 0.717) is 18.6 Å². The molecule has 0 radical (unpaired) electrons. The Bertz CT molecular complexity index is 922. The number of rotatable bonds is 9. The highest BCUT2D eigenvalue weighted by Gasteiger charge is 2.18. The molecule has 0 bridgehead atoms. The summed E-state index contributed by atoms with van der Waals surface area (Å²) in [7, 11) is 1.64. The third-order valence-corrected chi connectivity index (χ3v) is 5.11. The molecule has 1 unspecified atom stereocenters. The van der Waals surface area contributed by atoms with Crippen LogP contribution in [0, 0.1) is 0 Å². The van der Waals surface area contributed by atoms with Crippen molar-refractivity contribution in [3.8, 4) is 11.5 Å². The molecule has 3 aromatic carbocycles. The van der Waals surface area contributed by atoms with E-state index >= 15 is 0 Å². The fourth-order valence-corrected chi connectivity index (χ4v) is 3.31. The zero-order chi connectivity index (χ0) is 20.6. The molecule has 0 aliphatic heterocycles. The van der Waals surface area contributed by atoms with Crippen molar-refractivity contribution < 1.29 is 14.3 Å². The Kier molecular flexibility index (Phi) is 7.30. The van der Waals surface area contributed by atoms with Crippen molar-refractivity contribution in [2.45, 2.75) is 19.4 Å². The molecule has 0 aromatic heterocycles. The summed E-state index contributed by atoms with van der Waals surface area (Å²) in [4.78, 5) is 12.9. The Balaban J connectivity index is 1.83. The van der Waals surface area contributed by atoms with E-state index in [1.54, 1.807) is 7.11 Å². The minimum Gasteiger partial charge on any atom is -0.497 e. The molecular formula is C24H24BrNO3. The van der Waals surface area contributed by atoms with Crippen LogP contribution in [0.25, 0.3) is 0 Å². The molecule has 0 spiro atoms. The molecule has 0 aliphatic rings. The lowest BCUT2D eigenvalue weighted by molar-refractivity contribution is 0.0976. The minimum absolute atomic E-state index is 0.0809. The second-order valence-electron chi connectivity index (χ2n) is 6.56. The molecule has 5 heteroatoms. The van der Waals surface area contributed by atoms with Crippen molar-refractivity contribution in [3.63, 3.8) is 0 Å². The smallest absolute Gasteiger partial charge is 0.165 e. The van der Waals surface area contributed by atoms with E-state index in [1.165, 1.54) is 0 Å². The van der Waals surface area contributed by atoms with Crippen molar-refractivity contribution in [2.75, 3.05) is 19.0 Å². The van der Waals surface area contributed by atoms with E-state index in [0.717, 1.165) is 27.2 Å². The molecule has 3 rings (SSSR count). The van der Waals surface area contributed by atoms with Crippen LogP contribution in [0.3, 0.4) is 0 Å². The maximum Gasteiger partial charge on any atom is 0.165 e. The van der Waals surface area contributed by atoms with Crippen LogP contribution >= 0.6 is 15.9 Å². The predicted octanol–water partition coefficient (Wildman–Crippen LogP) is 6.28. The van der Waals surface area contributed by atoms with E-state index in [9.17, 15) is 4.79 Å². The lowest BCUT2D eigenvalue weighted by atomic mass is 9.97. The third-order valence-electron chi connectivity index (χ3n) is 4.58. The van der Waals surface area contributed by atoms with E-state index in [2.05, 4.69) is 21.2 Å². The molecule has 0 saturated heterocycles. The van der Waals surface area contributed by atoms with Gasteiger partial charge in [-0.05, 0) is 61.0 Å². The van der Waals surface area contributed by atoms with Gasteiger partial charge in [0.05, 0.1) is 19.8 Å². The summed E-state index contributed by atoms with van der Waals surface area (Å²) in [6.07, 6.45) is 0.335. The van der Waals surface area contributed by atoms with Crippen LogP contribution in [-0.2, 0) is 0 Å². The number of hydrogen-bond donors (Lipinski definition) is 1. The van der Waals surface area contributed by atoms with Crippen molar-refractivity contribution in [1.29, 1.82) is 0 Å². The van der Waals surface area contributed by atoms with Gasteiger partial charge in [0.25, 0.3) is 0 Å². The van der Waals surface area contributed by atoms with E-state index < -0.39 is 0 Å². The Morgan fingerprint density at radius 1 is 0.931 bits per heavy atom. The molecule has 1 N–H and O–H groups in total. The number of ether oxygens (including phenoxy) is 2. The van der Waals surface area contributed by atoms with Gasteiger partial charge in [-0.25, -0.2) is 0 Å². The third kappa shape index (κ3) is 5.84. The number of ketones is 1. The van der Waals surface area contributed by atoms with Crippen LogP contribution in [0.2, 0.25) is 0 Å². The van der Waals surface area contributed by atoms with Gasteiger partial charge < -0.3 is 14.8 Å². The van der Waals surface area contributed by atoms with Crippen LogP contribution in [0.15, 0.2) is 77.3 Å². The summed E-state index contributed by atoms with van der Waals surface area (Å²) >= 11 is 3.41. The minimum atomic E-state index is -0.171. The number of Topliss-reactive ketones (excluding diaryl/α,β-unsaturated/α-hetero) is 1. The average Bonchev–Trinajstić information content (AvgIpc) is 2.75. The van der Waals surface area contributed by atoms with Crippen LogP contribution < -0.4 is 14.8 Å². The van der Waals surface area contributed by atoms with Gasteiger partial charge in [0.2, 0.25) is 0 Å². The predicted molar refractivity (Wildman–Crippen MR) is 120 cm³/mol. The summed E-state index contributed by atoms with van der Waals surface area (Å²) in [6.45, 7) is 2.58. The Hall–Kier alpha value is -2.79. The summed E-state index contributed by atoms with van der Waals surface area (Å²) in [5.74, 6) is 1.69. The first-order valence-corrected chi connectivity index (χ1v) is 10.3. The number of benzene rings is 3. The summed E-state index contributed by atoms with van der Waals surface area (Å²) < 4.78 is 11.7. The van der Waals surface area contributed by atoms with E-state index in [1.807, 2.05) is 79.7 Å².